The summed E-state index contributed by atoms with van der Waals surface area (Å²) in [6.45, 7) is 10.2. The van der Waals surface area contributed by atoms with Crippen molar-refractivity contribution in [2.45, 2.75) is 73.0 Å². The fraction of sp³-hybridized carbons (Fsp3) is 0.700. The molecular formula is C20H38O3. The van der Waals surface area contributed by atoms with Crippen molar-refractivity contribution in [2.24, 2.45) is 5.92 Å². The van der Waals surface area contributed by atoms with Crippen molar-refractivity contribution >= 4 is 0 Å². The molecule has 3 nitrogen and oxygen atoms in total. The van der Waals surface area contributed by atoms with E-state index < -0.39 is 6.29 Å². The topological polar surface area (TPSA) is 49.7 Å². The summed E-state index contributed by atoms with van der Waals surface area (Å²) in [7, 11) is 1.51. The molecule has 1 saturated carbocycles. The Bertz CT molecular complexity index is 333. The molecule has 3 heteroatoms. The van der Waals surface area contributed by atoms with E-state index in [1.165, 1.54) is 18.3 Å². The average Bonchev–Trinajstić information content (AvgIpc) is 2.62. The summed E-state index contributed by atoms with van der Waals surface area (Å²) >= 11 is 0. The molecule has 0 aromatic heterocycles. The minimum Gasteiger partial charge on any atom is -0.392 e. The van der Waals surface area contributed by atoms with Crippen LogP contribution < -0.4 is 0 Å². The largest absolute Gasteiger partial charge is 0.392 e. The molecule has 136 valence electrons. The molecule has 0 spiro atoms. The van der Waals surface area contributed by atoms with Crippen molar-refractivity contribution in [3.8, 4) is 0 Å². The maximum atomic E-state index is 9.44. The van der Waals surface area contributed by atoms with Crippen LogP contribution >= 0.6 is 0 Å². The van der Waals surface area contributed by atoms with E-state index in [4.69, 9.17) is 9.84 Å². The Morgan fingerprint density at radius 3 is 2.22 bits per heavy atom. The van der Waals surface area contributed by atoms with Crippen LogP contribution in [0.15, 0.2) is 35.5 Å². The van der Waals surface area contributed by atoms with Crippen LogP contribution in [0.5, 0.6) is 0 Å². The van der Waals surface area contributed by atoms with Gasteiger partial charge in [0.2, 0.25) is 0 Å². The molecule has 0 aliphatic heterocycles. The van der Waals surface area contributed by atoms with Gasteiger partial charge in [0, 0.05) is 7.11 Å². The summed E-state index contributed by atoms with van der Waals surface area (Å²) < 4.78 is 4.85. The summed E-state index contributed by atoms with van der Waals surface area (Å²) in [4.78, 5) is 0. The van der Waals surface area contributed by atoms with E-state index in [-0.39, 0.29) is 6.61 Å². The third-order valence-electron chi connectivity index (χ3n) is 3.57. The van der Waals surface area contributed by atoms with Crippen LogP contribution in [0.1, 0.15) is 66.7 Å². The Kier molecular flexibility index (Phi) is 18.5. The smallest absolute Gasteiger partial charge is 0.173 e. The SMILES string of the molecule is CC.CC.CC/C=C(\C=C/CO)C1CCC(=CC(O)OC)CC1. The van der Waals surface area contributed by atoms with Gasteiger partial charge in [-0.1, -0.05) is 58.4 Å². The molecule has 1 unspecified atom stereocenters. The molecule has 1 rings (SSSR count). The summed E-state index contributed by atoms with van der Waals surface area (Å²) in [5.74, 6) is 0.569. The van der Waals surface area contributed by atoms with Gasteiger partial charge in [-0.05, 0) is 49.7 Å². The molecule has 0 aromatic rings. The zero-order valence-corrected chi connectivity index (χ0v) is 16.0. The van der Waals surface area contributed by atoms with E-state index in [1.54, 1.807) is 0 Å². The normalized spacial score (nSPS) is 19.4. The van der Waals surface area contributed by atoms with E-state index >= 15 is 0 Å². The zero-order chi connectivity index (χ0) is 18.1. The second kappa shape index (κ2) is 17.5. The van der Waals surface area contributed by atoms with Gasteiger partial charge in [0.1, 0.15) is 0 Å². The number of aliphatic hydroxyl groups is 2. The van der Waals surface area contributed by atoms with E-state index in [9.17, 15) is 5.11 Å². The minimum absolute atomic E-state index is 0.0962. The standard InChI is InChI=1S/C16H26O3.2C2H6/c1-3-5-14(6-4-11-17)15-9-7-13(8-10-15)12-16(18)19-2;2*1-2/h4-6,12,15-18H,3,7-11H2,1-2H3;2*1-2H3/b6-4-,13-12?,14-5+;;. The van der Waals surface area contributed by atoms with Crippen molar-refractivity contribution in [1.82, 2.24) is 0 Å². The first kappa shape index (κ1) is 24.4. The van der Waals surface area contributed by atoms with Crippen molar-refractivity contribution < 1.29 is 14.9 Å². The monoisotopic (exact) mass is 326 g/mol. The molecule has 1 aliphatic carbocycles. The summed E-state index contributed by atoms with van der Waals surface area (Å²) in [5, 5.41) is 18.3. The first-order valence-electron chi connectivity index (χ1n) is 9.09. The highest BCUT2D eigenvalue weighted by molar-refractivity contribution is 5.24. The first-order valence-corrected chi connectivity index (χ1v) is 9.09. The lowest BCUT2D eigenvalue weighted by Crippen LogP contribution is -2.13. The van der Waals surface area contributed by atoms with Gasteiger partial charge in [-0.2, -0.15) is 0 Å². The van der Waals surface area contributed by atoms with E-state index in [2.05, 4.69) is 13.0 Å². The predicted molar refractivity (Wildman–Crippen MR) is 100 cm³/mol. The van der Waals surface area contributed by atoms with Crippen molar-refractivity contribution in [3.05, 3.63) is 35.5 Å². The Hall–Kier alpha value is -0.900. The fourth-order valence-corrected chi connectivity index (χ4v) is 2.55. The van der Waals surface area contributed by atoms with Gasteiger partial charge in [0.15, 0.2) is 6.29 Å². The quantitative estimate of drug-likeness (QED) is 0.410. The highest BCUT2D eigenvalue weighted by Gasteiger charge is 2.19. The number of ether oxygens (including phenoxy) is 1. The Balaban J connectivity index is 0. The Morgan fingerprint density at radius 2 is 1.78 bits per heavy atom. The van der Waals surface area contributed by atoms with Crippen LogP contribution in [-0.4, -0.2) is 30.2 Å². The summed E-state index contributed by atoms with van der Waals surface area (Å²) in [6.07, 6.45) is 12.4. The van der Waals surface area contributed by atoms with Gasteiger partial charge >= 0.3 is 0 Å². The number of hydrogen-bond donors (Lipinski definition) is 2. The molecule has 1 atom stereocenters. The van der Waals surface area contributed by atoms with Crippen molar-refractivity contribution in [1.29, 1.82) is 0 Å². The van der Waals surface area contributed by atoms with Gasteiger partial charge in [0.05, 0.1) is 6.61 Å². The molecule has 0 heterocycles. The number of rotatable bonds is 6. The summed E-state index contributed by atoms with van der Waals surface area (Å²) in [5.41, 5.74) is 2.62. The van der Waals surface area contributed by atoms with Crippen molar-refractivity contribution in [2.75, 3.05) is 13.7 Å². The third-order valence-corrected chi connectivity index (χ3v) is 3.57. The molecule has 23 heavy (non-hydrogen) atoms. The number of methoxy groups -OCH3 is 1. The first-order chi connectivity index (χ1) is 11.2. The minimum atomic E-state index is -0.772. The molecule has 0 saturated heterocycles. The zero-order valence-electron chi connectivity index (χ0n) is 16.0. The lowest BCUT2D eigenvalue weighted by atomic mass is 9.80. The molecule has 0 bridgehead atoms. The number of hydrogen-bond acceptors (Lipinski definition) is 3. The second-order valence-electron chi connectivity index (χ2n) is 4.92. The summed E-state index contributed by atoms with van der Waals surface area (Å²) in [6, 6.07) is 0. The molecule has 1 fully saturated rings. The number of aliphatic hydroxyl groups excluding tert-OH is 2. The van der Waals surface area contributed by atoms with Crippen molar-refractivity contribution in [3.63, 3.8) is 0 Å². The van der Waals surface area contributed by atoms with E-state index in [0.29, 0.717) is 5.92 Å². The van der Waals surface area contributed by atoms with Crippen LogP contribution in [-0.2, 0) is 4.74 Å². The van der Waals surface area contributed by atoms with Gasteiger partial charge in [0.25, 0.3) is 0 Å². The average molecular weight is 327 g/mol. The van der Waals surface area contributed by atoms with Gasteiger partial charge in [-0.3, -0.25) is 0 Å². The van der Waals surface area contributed by atoms with Crippen LogP contribution in [0.2, 0.25) is 0 Å². The third kappa shape index (κ3) is 11.3. The van der Waals surface area contributed by atoms with E-state index in [1.807, 2.05) is 45.9 Å². The van der Waals surface area contributed by atoms with Crippen LogP contribution in [0.4, 0.5) is 0 Å². The Labute approximate surface area is 143 Å². The van der Waals surface area contributed by atoms with Gasteiger partial charge < -0.3 is 14.9 Å². The maximum Gasteiger partial charge on any atom is 0.173 e. The Morgan fingerprint density at radius 1 is 1.22 bits per heavy atom. The van der Waals surface area contributed by atoms with Crippen LogP contribution in [0.3, 0.4) is 0 Å². The highest BCUT2D eigenvalue weighted by atomic mass is 16.6. The molecule has 1 aliphatic rings. The highest BCUT2D eigenvalue weighted by Crippen LogP contribution is 2.33. The van der Waals surface area contributed by atoms with Gasteiger partial charge in [-0.25, -0.2) is 0 Å². The molecular weight excluding hydrogens is 288 g/mol. The van der Waals surface area contributed by atoms with Crippen LogP contribution in [0.25, 0.3) is 0 Å². The number of allylic oxidation sites excluding steroid dienone is 4. The molecule has 2 N–H and O–H groups in total. The molecule has 0 aromatic carbocycles. The molecule has 0 amide bonds. The fourth-order valence-electron chi connectivity index (χ4n) is 2.55. The maximum absolute atomic E-state index is 9.44. The lowest BCUT2D eigenvalue weighted by Gasteiger charge is -2.25. The van der Waals surface area contributed by atoms with Gasteiger partial charge in [-0.15, -0.1) is 0 Å². The molecule has 0 radical (unpaired) electrons. The lowest BCUT2D eigenvalue weighted by molar-refractivity contribution is -0.0365. The van der Waals surface area contributed by atoms with E-state index in [0.717, 1.165) is 32.1 Å². The second-order valence-corrected chi connectivity index (χ2v) is 4.92. The van der Waals surface area contributed by atoms with Crippen LogP contribution in [0, 0.1) is 5.92 Å². The predicted octanol–water partition coefficient (Wildman–Crippen LogP) is 5.01.